The Balaban J connectivity index is 1.26. The summed E-state index contributed by atoms with van der Waals surface area (Å²) >= 11 is 0. The van der Waals surface area contributed by atoms with E-state index in [9.17, 15) is 22.8 Å². The molecule has 0 saturated carbocycles. The summed E-state index contributed by atoms with van der Waals surface area (Å²) < 4.78 is 44.3. The molecule has 2 aromatic rings. The first-order valence-electron chi connectivity index (χ1n) is 10.8. The fourth-order valence-corrected chi connectivity index (χ4v) is 4.32. The predicted molar refractivity (Wildman–Crippen MR) is 114 cm³/mol. The molecule has 5 nitrogen and oxygen atoms in total. The summed E-state index contributed by atoms with van der Waals surface area (Å²) in [4.78, 5) is 28.3. The van der Waals surface area contributed by atoms with E-state index in [0.29, 0.717) is 13.0 Å². The second kappa shape index (κ2) is 9.32. The Morgan fingerprint density at radius 1 is 1.03 bits per heavy atom. The number of hydrogen-bond donors (Lipinski definition) is 0. The molecule has 1 atom stereocenters. The average molecular weight is 446 g/mol. The summed E-state index contributed by atoms with van der Waals surface area (Å²) in [7, 11) is 0. The van der Waals surface area contributed by atoms with Crippen LogP contribution in [0.2, 0.25) is 0 Å². The predicted octanol–water partition coefficient (Wildman–Crippen LogP) is 5.02. The van der Waals surface area contributed by atoms with Crippen LogP contribution in [0.5, 0.6) is 0 Å². The van der Waals surface area contributed by atoms with Gasteiger partial charge in [0, 0.05) is 23.7 Å². The minimum absolute atomic E-state index is 0.0226. The molecule has 0 spiro atoms. The van der Waals surface area contributed by atoms with Crippen LogP contribution in [0.15, 0.2) is 54.6 Å². The number of rotatable bonds is 6. The summed E-state index contributed by atoms with van der Waals surface area (Å²) in [6, 6.07) is 14.0. The third-order valence-electron chi connectivity index (χ3n) is 6.14. The molecule has 0 bridgehead atoms. The maximum atomic E-state index is 13.0. The molecular weight excluding hydrogens is 421 g/mol. The van der Waals surface area contributed by atoms with Crippen LogP contribution >= 0.6 is 0 Å². The van der Waals surface area contributed by atoms with Gasteiger partial charge in [-0.25, -0.2) is 4.79 Å². The zero-order chi connectivity index (χ0) is 22.7. The minimum Gasteiger partial charge on any atom is -0.444 e. The number of nitrogens with zero attached hydrogens (tertiary/aromatic N) is 2. The molecule has 170 valence electrons. The molecular formula is C24H25F3N2O3. The van der Waals surface area contributed by atoms with Gasteiger partial charge in [-0.2, -0.15) is 13.2 Å². The molecule has 0 aromatic heterocycles. The number of cyclic esters (lactones) is 1. The summed E-state index contributed by atoms with van der Waals surface area (Å²) in [5.74, 6) is 0.209. The number of likely N-dealkylation sites (tertiary alicyclic amines) is 1. The Kier molecular flexibility index (Phi) is 6.50. The first kappa shape index (κ1) is 22.3. The number of benzene rings is 2. The highest BCUT2D eigenvalue weighted by molar-refractivity contribution is 5.97. The molecule has 0 N–H and O–H groups in total. The van der Waals surface area contributed by atoms with E-state index in [2.05, 4.69) is 4.90 Å². The van der Waals surface area contributed by atoms with Crippen LogP contribution in [0.3, 0.4) is 0 Å². The highest BCUT2D eigenvalue weighted by Crippen LogP contribution is 2.33. The van der Waals surface area contributed by atoms with Gasteiger partial charge in [0.2, 0.25) is 0 Å². The van der Waals surface area contributed by atoms with Crippen molar-refractivity contribution in [2.75, 3.05) is 31.1 Å². The molecule has 2 aliphatic heterocycles. The first-order valence-corrected chi connectivity index (χ1v) is 10.8. The van der Waals surface area contributed by atoms with Crippen molar-refractivity contribution in [3.63, 3.8) is 0 Å². The Labute approximate surface area is 184 Å². The topological polar surface area (TPSA) is 49.9 Å². The quantitative estimate of drug-likeness (QED) is 0.585. The lowest BCUT2D eigenvalue weighted by molar-refractivity contribution is -0.137. The normalized spacial score (nSPS) is 20.4. The third-order valence-corrected chi connectivity index (χ3v) is 6.14. The van der Waals surface area contributed by atoms with E-state index in [-0.39, 0.29) is 30.0 Å². The van der Waals surface area contributed by atoms with Crippen molar-refractivity contribution in [2.24, 2.45) is 5.92 Å². The highest BCUT2D eigenvalue weighted by atomic mass is 19.4. The van der Waals surface area contributed by atoms with Gasteiger partial charge in [-0.05, 0) is 50.6 Å². The van der Waals surface area contributed by atoms with E-state index >= 15 is 0 Å². The lowest BCUT2D eigenvalue weighted by Crippen LogP contribution is -2.38. The number of carbonyl (C=O) groups excluding carboxylic acids is 2. The summed E-state index contributed by atoms with van der Waals surface area (Å²) in [5.41, 5.74) is 0.144. The van der Waals surface area contributed by atoms with Crippen LogP contribution in [0.25, 0.3) is 0 Å². The standard InChI is InChI=1S/C24H25F3N2O3/c25-24(26,27)19-7-4-8-20(15-19)29-16-21(32-23(29)31)11-14-28-12-9-18(10-13-28)22(30)17-5-2-1-3-6-17/h1-8,15,18,21H,9-14,16H2. The van der Waals surface area contributed by atoms with Gasteiger partial charge in [0.25, 0.3) is 0 Å². The number of piperidine rings is 1. The van der Waals surface area contributed by atoms with Crippen LogP contribution < -0.4 is 4.90 Å². The fraction of sp³-hybridized carbons (Fsp3) is 0.417. The Bertz CT molecular complexity index is 956. The van der Waals surface area contributed by atoms with E-state index in [1.165, 1.54) is 17.0 Å². The lowest BCUT2D eigenvalue weighted by atomic mass is 9.89. The number of carbonyl (C=O) groups is 2. The molecule has 2 aliphatic rings. The van der Waals surface area contributed by atoms with Gasteiger partial charge in [0.05, 0.1) is 12.1 Å². The van der Waals surface area contributed by atoms with Crippen LogP contribution in [-0.2, 0) is 10.9 Å². The highest BCUT2D eigenvalue weighted by Gasteiger charge is 2.35. The van der Waals surface area contributed by atoms with E-state index in [0.717, 1.165) is 43.6 Å². The van der Waals surface area contributed by atoms with Crippen molar-refractivity contribution in [1.82, 2.24) is 4.90 Å². The van der Waals surface area contributed by atoms with Gasteiger partial charge < -0.3 is 9.64 Å². The van der Waals surface area contributed by atoms with Gasteiger partial charge in [0.1, 0.15) is 6.10 Å². The Morgan fingerprint density at radius 3 is 2.44 bits per heavy atom. The van der Waals surface area contributed by atoms with E-state index < -0.39 is 17.8 Å². The van der Waals surface area contributed by atoms with Crippen molar-refractivity contribution in [1.29, 1.82) is 0 Å². The van der Waals surface area contributed by atoms with E-state index in [1.807, 2.05) is 30.3 Å². The number of Topliss-reactive ketones (excluding diaryl/α,β-unsaturated/α-hetero) is 1. The van der Waals surface area contributed by atoms with E-state index in [4.69, 9.17) is 4.74 Å². The van der Waals surface area contributed by atoms with E-state index in [1.54, 1.807) is 0 Å². The zero-order valence-electron chi connectivity index (χ0n) is 17.6. The molecule has 1 unspecified atom stereocenters. The van der Waals surface area contributed by atoms with Gasteiger partial charge in [0.15, 0.2) is 5.78 Å². The molecule has 2 heterocycles. The molecule has 4 rings (SSSR count). The molecule has 2 saturated heterocycles. The fourth-order valence-electron chi connectivity index (χ4n) is 4.32. The van der Waals surface area contributed by atoms with Gasteiger partial charge in [-0.1, -0.05) is 36.4 Å². The molecule has 2 fully saturated rings. The van der Waals surface area contributed by atoms with Crippen molar-refractivity contribution < 1.29 is 27.5 Å². The number of halogens is 3. The maximum Gasteiger partial charge on any atom is 0.416 e. The zero-order valence-corrected chi connectivity index (χ0v) is 17.6. The van der Waals surface area contributed by atoms with Crippen molar-refractivity contribution in [3.8, 4) is 0 Å². The van der Waals surface area contributed by atoms with Crippen LogP contribution in [0.4, 0.5) is 23.7 Å². The third kappa shape index (κ3) is 5.12. The number of anilines is 1. The smallest absolute Gasteiger partial charge is 0.416 e. The SMILES string of the molecule is O=C(c1ccccc1)C1CCN(CCC2CN(c3cccc(C(F)(F)F)c3)C(=O)O2)CC1. The van der Waals surface area contributed by atoms with Crippen molar-refractivity contribution >= 4 is 17.6 Å². The lowest BCUT2D eigenvalue weighted by Gasteiger charge is -2.31. The first-order chi connectivity index (χ1) is 15.3. The molecule has 0 radical (unpaired) electrons. The average Bonchev–Trinajstić information content (AvgIpc) is 3.18. The van der Waals surface area contributed by atoms with Gasteiger partial charge in [-0.15, -0.1) is 0 Å². The second-order valence-corrected chi connectivity index (χ2v) is 8.30. The summed E-state index contributed by atoms with van der Waals surface area (Å²) in [6.07, 6.45) is -3.29. The number of alkyl halides is 3. The summed E-state index contributed by atoms with van der Waals surface area (Å²) in [5, 5.41) is 0. The van der Waals surface area contributed by atoms with Crippen molar-refractivity contribution in [2.45, 2.75) is 31.5 Å². The Morgan fingerprint density at radius 2 is 1.75 bits per heavy atom. The maximum absolute atomic E-state index is 13.0. The van der Waals surface area contributed by atoms with Crippen molar-refractivity contribution in [3.05, 3.63) is 65.7 Å². The van der Waals surface area contributed by atoms with Crippen LogP contribution in [-0.4, -0.2) is 49.1 Å². The van der Waals surface area contributed by atoms with Crippen LogP contribution in [0, 0.1) is 5.92 Å². The molecule has 1 amide bonds. The number of ether oxygens (including phenoxy) is 1. The largest absolute Gasteiger partial charge is 0.444 e. The molecule has 32 heavy (non-hydrogen) atoms. The van der Waals surface area contributed by atoms with Gasteiger partial charge >= 0.3 is 12.3 Å². The summed E-state index contributed by atoms with van der Waals surface area (Å²) in [6.45, 7) is 2.52. The molecule has 8 heteroatoms. The molecule has 0 aliphatic carbocycles. The molecule has 2 aromatic carbocycles. The number of hydrogen-bond acceptors (Lipinski definition) is 4. The monoisotopic (exact) mass is 446 g/mol. The second-order valence-electron chi connectivity index (χ2n) is 8.30. The Hall–Kier alpha value is -2.87. The number of ketones is 1. The van der Waals surface area contributed by atoms with Gasteiger partial charge in [-0.3, -0.25) is 9.69 Å². The number of amides is 1. The minimum atomic E-state index is -4.47. The van der Waals surface area contributed by atoms with Crippen LogP contribution in [0.1, 0.15) is 35.2 Å².